The minimum absolute atomic E-state index is 0.289. The number of imidazole rings is 1. The van der Waals surface area contributed by atoms with Crippen LogP contribution in [0.3, 0.4) is 0 Å². The fourth-order valence-corrected chi connectivity index (χ4v) is 2.47. The predicted octanol–water partition coefficient (Wildman–Crippen LogP) is 1.43. The molecule has 0 atom stereocenters. The van der Waals surface area contributed by atoms with Crippen molar-refractivity contribution < 1.29 is 9.90 Å². The number of carbonyl (C=O) groups is 1. The number of nitrogens with one attached hydrogen (secondary N) is 1. The molecule has 5 nitrogen and oxygen atoms in total. The van der Waals surface area contributed by atoms with Crippen LogP contribution in [0.5, 0.6) is 0 Å². The topological polar surface area (TPSA) is 67.2 Å². The highest BCUT2D eigenvalue weighted by Gasteiger charge is 2.18. The normalized spacial score (nSPS) is 14.2. The van der Waals surface area contributed by atoms with Gasteiger partial charge in [0.1, 0.15) is 5.82 Å². The van der Waals surface area contributed by atoms with Crippen LogP contribution in [-0.4, -0.2) is 27.2 Å². The van der Waals surface area contributed by atoms with Crippen molar-refractivity contribution in [1.29, 1.82) is 0 Å². The Labute approximate surface area is 110 Å². The maximum absolute atomic E-state index is 11.0. The number of hydrogen-bond donors (Lipinski definition) is 2. The van der Waals surface area contributed by atoms with E-state index in [4.69, 9.17) is 5.11 Å². The first-order chi connectivity index (χ1) is 9.16. The predicted molar refractivity (Wildman–Crippen MR) is 71.0 cm³/mol. The molecule has 1 aliphatic rings. The van der Waals surface area contributed by atoms with Crippen molar-refractivity contribution in [3.05, 3.63) is 41.2 Å². The molecule has 1 aromatic carbocycles. The molecule has 1 aliphatic heterocycles. The van der Waals surface area contributed by atoms with Crippen molar-refractivity contribution in [2.75, 3.05) is 6.54 Å². The summed E-state index contributed by atoms with van der Waals surface area (Å²) >= 11 is 0. The number of rotatable bonds is 2. The smallest absolute Gasteiger partial charge is 0.335 e. The van der Waals surface area contributed by atoms with Crippen LogP contribution in [0.15, 0.2) is 24.3 Å². The lowest BCUT2D eigenvalue weighted by molar-refractivity contribution is 0.0697. The number of carboxylic acids is 1. The molecule has 0 spiro atoms. The van der Waals surface area contributed by atoms with Crippen molar-refractivity contribution in [3.8, 4) is 11.4 Å². The zero-order chi connectivity index (χ0) is 13.4. The van der Waals surface area contributed by atoms with Gasteiger partial charge in [0.05, 0.1) is 17.0 Å². The quantitative estimate of drug-likeness (QED) is 0.854. The molecule has 2 heterocycles. The van der Waals surface area contributed by atoms with E-state index in [0.29, 0.717) is 0 Å². The molecule has 0 bridgehead atoms. The van der Waals surface area contributed by atoms with E-state index in [0.717, 1.165) is 36.6 Å². The minimum atomic E-state index is -0.914. The van der Waals surface area contributed by atoms with E-state index in [1.54, 1.807) is 18.2 Å². The number of aromatic nitrogens is 2. The highest BCUT2D eigenvalue weighted by Crippen LogP contribution is 2.24. The van der Waals surface area contributed by atoms with E-state index in [1.165, 1.54) is 5.69 Å². The van der Waals surface area contributed by atoms with E-state index in [9.17, 15) is 4.79 Å². The van der Waals surface area contributed by atoms with Gasteiger partial charge in [-0.2, -0.15) is 0 Å². The maximum Gasteiger partial charge on any atom is 0.335 e. The van der Waals surface area contributed by atoms with E-state index in [-0.39, 0.29) is 5.56 Å². The Bertz CT molecular complexity index is 646. The Morgan fingerprint density at radius 3 is 3.05 bits per heavy atom. The van der Waals surface area contributed by atoms with Gasteiger partial charge in [-0.25, -0.2) is 9.78 Å². The van der Waals surface area contributed by atoms with E-state index in [1.807, 2.05) is 17.7 Å². The first-order valence-corrected chi connectivity index (χ1v) is 6.25. The summed E-state index contributed by atoms with van der Waals surface area (Å²) in [4.78, 5) is 15.7. The van der Waals surface area contributed by atoms with Crippen LogP contribution in [-0.2, 0) is 20.0 Å². The zero-order valence-electron chi connectivity index (χ0n) is 10.7. The molecule has 0 fully saturated rings. The lowest BCUT2D eigenvalue weighted by Crippen LogP contribution is -2.24. The molecule has 19 heavy (non-hydrogen) atoms. The van der Waals surface area contributed by atoms with Crippen molar-refractivity contribution in [1.82, 2.24) is 14.9 Å². The van der Waals surface area contributed by atoms with Crippen LogP contribution >= 0.6 is 0 Å². The summed E-state index contributed by atoms with van der Waals surface area (Å²) in [5.74, 6) is -0.0840. The third-order valence-electron chi connectivity index (χ3n) is 3.50. The van der Waals surface area contributed by atoms with E-state index >= 15 is 0 Å². The van der Waals surface area contributed by atoms with Crippen LogP contribution in [0.4, 0.5) is 0 Å². The molecule has 2 aromatic rings. The average Bonchev–Trinajstić information content (AvgIpc) is 2.77. The number of nitrogens with zero attached hydrogens (tertiary/aromatic N) is 2. The Balaban J connectivity index is 2.09. The molecular weight excluding hydrogens is 242 g/mol. The molecule has 5 heteroatoms. The Morgan fingerprint density at radius 2 is 2.32 bits per heavy atom. The highest BCUT2D eigenvalue weighted by atomic mass is 16.4. The summed E-state index contributed by atoms with van der Waals surface area (Å²) in [6.07, 6.45) is 0.918. The highest BCUT2D eigenvalue weighted by molar-refractivity contribution is 5.89. The fraction of sp³-hybridized carbons (Fsp3) is 0.286. The molecule has 0 aliphatic carbocycles. The van der Waals surface area contributed by atoms with Crippen LogP contribution in [0.25, 0.3) is 11.4 Å². The van der Waals surface area contributed by atoms with Gasteiger partial charge in [0.25, 0.3) is 0 Å². The second-order valence-corrected chi connectivity index (χ2v) is 4.70. The summed E-state index contributed by atoms with van der Waals surface area (Å²) in [6.45, 7) is 1.76. The summed E-state index contributed by atoms with van der Waals surface area (Å²) in [7, 11) is 1.97. The first-order valence-electron chi connectivity index (χ1n) is 6.25. The second kappa shape index (κ2) is 4.51. The van der Waals surface area contributed by atoms with Crippen molar-refractivity contribution in [2.45, 2.75) is 13.0 Å². The Kier molecular flexibility index (Phi) is 2.83. The Morgan fingerprint density at radius 1 is 1.47 bits per heavy atom. The third kappa shape index (κ3) is 2.02. The zero-order valence-corrected chi connectivity index (χ0v) is 10.7. The number of carboxylic acid groups (broad SMARTS) is 1. The van der Waals surface area contributed by atoms with Gasteiger partial charge in [-0.05, 0) is 12.1 Å². The molecule has 3 rings (SSSR count). The monoisotopic (exact) mass is 257 g/mol. The molecule has 1 aromatic heterocycles. The molecule has 0 radical (unpaired) electrons. The molecule has 0 saturated heterocycles. The van der Waals surface area contributed by atoms with E-state index in [2.05, 4.69) is 10.3 Å². The first kappa shape index (κ1) is 11.9. The second-order valence-electron chi connectivity index (χ2n) is 4.70. The van der Waals surface area contributed by atoms with Gasteiger partial charge in [-0.3, -0.25) is 0 Å². The third-order valence-corrected chi connectivity index (χ3v) is 3.50. The number of fused-ring (bicyclic) bond motifs is 1. The summed E-state index contributed by atoms with van der Waals surface area (Å²) in [5, 5.41) is 12.4. The van der Waals surface area contributed by atoms with Gasteiger partial charge in [0.2, 0.25) is 0 Å². The van der Waals surface area contributed by atoms with Crippen molar-refractivity contribution in [3.63, 3.8) is 0 Å². The standard InChI is InChI=1S/C14H15N3O2/c1-17-12-8-15-6-5-11(12)16-13(17)9-3-2-4-10(7-9)14(18)19/h2-4,7,15H,5-6,8H2,1H3,(H,18,19). The van der Waals surface area contributed by atoms with Gasteiger partial charge in [0.15, 0.2) is 0 Å². The number of hydrogen-bond acceptors (Lipinski definition) is 3. The molecular formula is C14H15N3O2. The SMILES string of the molecule is Cn1c(-c2cccc(C(=O)O)c2)nc2c1CNCC2. The molecule has 0 amide bonds. The molecule has 98 valence electrons. The summed E-state index contributed by atoms with van der Waals surface area (Å²) in [5.41, 5.74) is 3.42. The lowest BCUT2D eigenvalue weighted by Gasteiger charge is -2.13. The van der Waals surface area contributed by atoms with Crippen molar-refractivity contribution >= 4 is 5.97 Å². The lowest BCUT2D eigenvalue weighted by atomic mass is 10.1. The van der Waals surface area contributed by atoms with Crippen LogP contribution < -0.4 is 5.32 Å². The van der Waals surface area contributed by atoms with Gasteiger partial charge in [-0.15, -0.1) is 0 Å². The van der Waals surface area contributed by atoms with Gasteiger partial charge >= 0.3 is 5.97 Å². The average molecular weight is 257 g/mol. The van der Waals surface area contributed by atoms with Crippen molar-refractivity contribution in [2.24, 2.45) is 7.05 Å². The fourth-order valence-electron chi connectivity index (χ4n) is 2.47. The van der Waals surface area contributed by atoms with E-state index < -0.39 is 5.97 Å². The van der Waals surface area contributed by atoms with Gasteiger partial charge < -0.3 is 15.0 Å². The number of benzene rings is 1. The summed E-state index contributed by atoms with van der Waals surface area (Å²) < 4.78 is 2.04. The van der Waals surface area contributed by atoms with Gasteiger partial charge in [-0.1, -0.05) is 12.1 Å². The maximum atomic E-state index is 11.0. The summed E-state index contributed by atoms with van der Waals surface area (Å²) in [6, 6.07) is 6.91. The number of aromatic carboxylic acids is 1. The molecule has 0 saturated carbocycles. The van der Waals surface area contributed by atoms with Crippen LogP contribution in [0.1, 0.15) is 21.7 Å². The molecule has 2 N–H and O–H groups in total. The van der Waals surface area contributed by atoms with Crippen LogP contribution in [0, 0.1) is 0 Å². The molecule has 0 unspecified atom stereocenters. The van der Waals surface area contributed by atoms with Gasteiger partial charge in [0, 0.05) is 32.1 Å². The largest absolute Gasteiger partial charge is 0.478 e. The minimum Gasteiger partial charge on any atom is -0.478 e. The Hall–Kier alpha value is -2.14. The van der Waals surface area contributed by atoms with Crippen LogP contribution in [0.2, 0.25) is 0 Å².